The van der Waals surface area contributed by atoms with Gasteiger partial charge in [-0.2, -0.15) is 0 Å². The number of aromatic nitrogens is 2. The third kappa shape index (κ3) is 3.47. The van der Waals surface area contributed by atoms with Crippen molar-refractivity contribution in [1.82, 2.24) is 9.97 Å². The maximum absolute atomic E-state index is 11.3. The molecule has 0 fully saturated rings. The molecule has 0 amide bonds. The molecule has 1 atom stereocenters. The molecule has 0 aliphatic rings. The molecule has 0 radical (unpaired) electrons. The molecule has 0 bridgehead atoms. The van der Waals surface area contributed by atoms with Crippen molar-refractivity contribution in [1.29, 1.82) is 0 Å². The van der Waals surface area contributed by atoms with Crippen molar-refractivity contribution < 1.29 is 0 Å². The first-order valence-corrected chi connectivity index (χ1v) is 5.38. The van der Waals surface area contributed by atoms with E-state index in [0.717, 1.165) is 12.1 Å². The number of rotatable bonds is 4. The molecule has 1 aromatic heterocycles. The van der Waals surface area contributed by atoms with Crippen LogP contribution in [0.1, 0.15) is 44.6 Å². The van der Waals surface area contributed by atoms with Gasteiger partial charge in [-0.15, -0.1) is 0 Å². The SMILES string of the molecule is CCC(N)Cc1nc(C(C)C)cc(=O)[nH]1. The van der Waals surface area contributed by atoms with Crippen LogP contribution in [0.2, 0.25) is 0 Å². The second-order valence-corrected chi connectivity index (χ2v) is 4.14. The Labute approximate surface area is 89.9 Å². The fraction of sp³-hybridized carbons (Fsp3) is 0.636. The highest BCUT2D eigenvalue weighted by molar-refractivity contribution is 5.07. The summed E-state index contributed by atoms with van der Waals surface area (Å²) in [5, 5.41) is 0. The van der Waals surface area contributed by atoms with E-state index in [1.165, 1.54) is 0 Å². The van der Waals surface area contributed by atoms with Crippen molar-refractivity contribution in [3.63, 3.8) is 0 Å². The van der Waals surface area contributed by atoms with E-state index in [9.17, 15) is 4.79 Å². The largest absolute Gasteiger partial charge is 0.327 e. The van der Waals surface area contributed by atoms with Crippen molar-refractivity contribution in [2.24, 2.45) is 5.73 Å². The second kappa shape index (κ2) is 5.07. The number of nitrogens with zero attached hydrogens (tertiary/aromatic N) is 1. The molecule has 1 unspecified atom stereocenters. The van der Waals surface area contributed by atoms with Crippen molar-refractivity contribution in [3.8, 4) is 0 Å². The van der Waals surface area contributed by atoms with Gasteiger partial charge in [-0.3, -0.25) is 4.79 Å². The summed E-state index contributed by atoms with van der Waals surface area (Å²) in [6.07, 6.45) is 1.52. The van der Waals surface area contributed by atoms with E-state index in [2.05, 4.69) is 9.97 Å². The molecular formula is C11H19N3O. The molecule has 4 heteroatoms. The average Bonchev–Trinajstić information content (AvgIpc) is 2.16. The van der Waals surface area contributed by atoms with E-state index in [0.29, 0.717) is 12.2 Å². The smallest absolute Gasteiger partial charge is 0.251 e. The zero-order valence-electron chi connectivity index (χ0n) is 9.58. The van der Waals surface area contributed by atoms with Crippen LogP contribution in [0.4, 0.5) is 0 Å². The van der Waals surface area contributed by atoms with Crippen LogP contribution in [-0.4, -0.2) is 16.0 Å². The summed E-state index contributed by atoms with van der Waals surface area (Å²) in [7, 11) is 0. The van der Waals surface area contributed by atoms with Gasteiger partial charge in [0.15, 0.2) is 0 Å². The highest BCUT2D eigenvalue weighted by Crippen LogP contribution is 2.09. The van der Waals surface area contributed by atoms with Gasteiger partial charge in [-0.25, -0.2) is 4.98 Å². The summed E-state index contributed by atoms with van der Waals surface area (Å²) < 4.78 is 0. The molecule has 3 N–H and O–H groups in total. The average molecular weight is 209 g/mol. The maximum Gasteiger partial charge on any atom is 0.251 e. The highest BCUT2D eigenvalue weighted by atomic mass is 16.1. The number of nitrogens with two attached hydrogens (primary N) is 1. The van der Waals surface area contributed by atoms with Crippen LogP contribution in [-0.2, 0) is 6.42 Å². The van der Waals surface area contributed by atoms with Crippen LogP contribution in [0.5, 0.6) is 0 Å². The molecule has 4 nitrogen and oxygen atoms in total. The Morgan fingerprint density at radius 1 is 1.53 bits per heavy atom. The Morgan fingerprint density at radius 3 is 2.73 bits per heavy atom. The molecule has 0 aromatic carbocycles. The monoisotopic (exact) mass is 209 g/mol. The summed E-state index contributed by atoms with van der Waals surface area (Å²) >= 11 is 0. The van der Waals surface area contributed by atoms with E-state index < -0.39 is 0 Å². The lowest BCUT2D eigenvalue weighted by Gasteiger charge is -2.10. The second-order valence-electron chi connectivity index (χ2n) is 4.14. The molecule has 0 aliphatic carbocycles. The van der Waals surface area contributed by atoms with Crippen LogP contribution in [0.25, 0.3) is 0 Å². The van der Waals surface area contributed by atoms with Gasteiger partial charge in [0.05, 0.1) is 5.69 Å². The molecule has 1 aromatic rings. The molecule has 15 heavy (non-hydrogen) atoms. The number of hydrogen-bond acceptors (Lipinski definition) is 3. The van der Waals surface area contributed by atoms with Gasteiger partial charge in [-0.05, 0) is 12.3 Å². The molecule has 1 heterocycles. The molecule has 0 saturated heterocycles. The molecule has 0 saturated carbocycles. The third-order valence-corrected chi connectivity index (χ3v) is 2.38. The van der Waals surface area contributed by atoms with E-state index in [1.807, 2.05) is 20.8 Å². The predicted molar refractivity (Wildman–Crippen MR) is 60.9 cm³/mol. The van der Waals surface area contributed by atoms with Crippen molar-refractivity contribution >= 4 is 0 Å². The van der Waals surface area contributed by atoms with Crippen molar-refractivity contribution in [2.75, 3.05) is 0 Å². The Balaban J connectivity index is 2.94. The number of nitrogens with one attached hydrogen (secondary N) is 1. The summed E-state index contributed by atoms with van der Waals surface area (Å²) in [6, 6.07) is 1.61. The van der Waals surface area contributed by atoms with E-state index in [1.54, 1.807) is 6.07 Å². The summed E-state index contributed by atoms with van der Waals surface area (Å²) in [4.78, 5) is 18.5. The van der Waals surface area contributed by atoms with Crippen LogP contribution in [0, 0.1) is 0 Å². The Morgan fingerprint density at radius 2 is 2.20 bits per heavy atom. The lowest BCUT2D eigenvalue weighted by atomic mass is 10.1. The Bertz CT molecular complexity index is 370. The predicted octanol–water partition coefficient (Wildman–Crippen LogP) is 1.17. The molecule has 84 valence electrons. The first-order chi connectivity index (χ1) is 7.02. The Kier molecular flexibility index (Phi) is 4.03. The molecule has 1 rings (SSSR count). The quantitative estimate of drug-likeness (QED) is 0.782. The van der Waals surface area contributed by atoms with E-state index in [4.69, 9.17) is 5.73 Å². The van der Waals surface area contributed by atoms with Crippen LogP contribution >= 0.6 is 0 Å². The van der Waals surface area contributed by atoms with Crippen molar-refractivity contribution in [3.05, 3.63) is 27.9 Å². The standard InChI is InChI=1S/C11H19N3O/c1-4-8(12)5-10-13-9(7(2)3)6-11(15)14-10/h6-8H,4-5,12H2,1-3H3,(H,13,14,15). The first-order valence-electron chi connectivity index (χ1n) is 5.38. The molecule has 0 aliphatic heterocycles. The summed E-state index contributed by atoms with van der Waals surface area (Å²) in [5.74, 6) is 0.962. The maximum atomic E-state index is 11.3. The van der Waals surface area contributed by atoms with Gasteiger partial charge in [-0.1, -0.05) is 20.8 Å². The van der Waals surface area contributed by atoms with Crippen LogP contribution < -0.4 is 11.3 Å². The van der Waals surface area contributed by atoms with Gasteiger partial charge < -0.3 is 10.7 Å². The van der Waals surface area contributed by atoms with Gasteiger partial charge in [0, 0.05) is 18.5 Å². The Hall–Kier alpha value is -1.16. The molecular weight excluding hydrogens is 190 g/mol. The van der Waals surface area contributed by atoms with Gasteiger partial charge >= 0.3 is 0 Å². The molecule has 0 spiro atoms. The minimum atomic E-state index is -0.0907. The minimum Gasteiger partial charge on any atom is -0.327 e. The number of hydrogen-bond donors (Lipinski definition) is 2. The van der Waals surface area contributed by atoms with Gasteiger partial charge in [0.2, 0.25) is 0 Å². The number of H-pyrrole nitrogens is 1. The topological polar surface area (TPSA) is 71.8 Å². The van der Waals surface area contributed by atoms with Gasteiger partial charge in [0.1, 0.15) is 5.82 Å². The van der Waals surface area contributed by atoms with Gasteiger partial charge in [0.25, 0.3) is 5.56 Å². The number of aromatic amines is 1. The zero-order chi connectivity index (χ0) is 11.4. The van der Waals surface area contributed by atoms with E-state index >= 15 is 0 Å². The summed E-state index contributed by atoms with van der Waals surface area (Å²) in [5.41, 5.74) is 6.56. The zero-order valence-corrected chi connectivity index (χ0v) is 9.58. The van der Waals surface area contributed by atoms with E-state index in [-0.39, 0.29) is 17.5 Å². The lowest BCUT2D eigenvalue weighted by Crippen LogP contribution is -2.25. The van der Waals surface area contributed by atoms with Crippen molar-refractivity contribution in [2.45, 2.75) is 45.6 Å². The first kappa shape index (κ1) is 11.9. The fourth-order valence-corrected chi connectivity index (χ4v) is 1.31. The highest BCUT2D eigenvalue weighted by Gasteiger charge is 2.07. The normalized spacial score (nSPS) is 13.1. The minimum absolute atomic E-state index is 0.0653. The fourth-order valence-electron chi connectivity index (χ4n) is 1.31. The van der Waals surface area contributed by atoms with Crippen LogP contribution in [0.3, 0.4) is 0 Å². The lowest BCUT2D eigenvalue weighted by molar-refractivity contribution is 0.617. The summed E-state index contributed by atoms with van der Waals surface area (Å²) in [6.45, 7) is 6.06. The third-order valence-electron chi connectivity index (χ3n) is 2.38. The van der Waals surface area contributed by atoms with Crippen LogP contribution in [0.15, 0.2) is 10.9 Å².